The first-order valence-corrected chi connectivity index (χ1v) is 7.30. The van der Waals surface area contributed by atoms with Gasteiger partial charge in [0.15, 0.2) is 5.13 Å². The Balaban J connectivity index is 1.55. The van der Waals surface area contributed by atoms with Crippen LogP contribution in [0.5, 0.6) is 6.01 Å². The quantitative estimate of drug-likeness (QED) is 0.861. The van der Waals surface area contributed by atoms with Crippen LogP contribution in [0.25, 0.3) is 0 Å². The van der Waals surface area contributed by atoms with E-state index in [4.69, 9.17) is 4.74 Å². The second-order valence-electron chi connectivity index (χ2n) is 4.61. The number of rotatable bonds is 3. The number of hydrogen-bond acceptors (Lipinski definition) is 6. The zero-order valence-electron chi connectivity index (χ0n) is 10.8. The molecule has 3 heterocycles. The van der Waals surface area contributed by atoms with E-state index in [1.54, 1.807) is 29.8 Å². The molecule has 2 aromatic rings. The van der Waals surface area contributed by atoms with Crippen LogP contribution in [-0.2, 0) is 0 Å². The number of thiazole rings is 1. The van der Waals surface area contributed by atoms with Gasteiger partial charge in [-0.05, 0) is 13.0 Å². The van der Waals surface area contributed by atoms with Crippen LogP contribution in [-0.4, -0.2) is 34.1 Å². The van der Waals surface area contributed by atoms with Gasteiger partial charge in [0.2, 0.25) is 0 Å². The fourth-order valence-electron chi connectivity index (χ4n) is 2.15. The molecule has 3 rings (SSSR count). The Bertz CT molecular complexity index is 522. The maximum Gasteiger partial charge on any atom is 0.316 e. The molecule has 1 saturated heterocycles. The van der Waals surface area contributed by atoms with Crippen molar-refractivity contribution >= 4 is 16.5 Å². The highest BCUT2D eigenvalue weighted by molar-refractivity contribution is 7.13. The molecule has 0 amide bonds. The summed E-state index contributed by atoms with van der Waals surface area (Å²) < 4.78 is 5.78. The summed E-state index contributed by atoms with van der Waals surface area (Å²) in [6.45, 7) is 3.98. The summed E-state index contributed by atoms with van der Waals surface area (Å²) in [7, 11) is 0. The molecule has 1 fully saturated rings. The van der Waals surface area contributed by atoms with Gasteiger partial charge in [0.05, 0.1) is 5.69 Å². The summed E-state index contributed by atoms with van der Waals surface area (Å²) in [6, 6.07) is 2.27. The second-order valence-corrected chi connectivity index (χ2v) is 5.44. The van der Waals surface area contributed by atoms with Gasteiger partial charge in [-0.25, -0.2) is 15.0 Å². The minimum absolute atomic E-state index is 0.208. The summed E-state index contributed by atoms with van der Waals surface area (Å²) in [4.78, 5) is 15.0. The topological polar surface area (TPSA) is 51.1 Å². The highest BCUT2D eigenvalue weighted by atomic mass is 32.1. The largest absolute Gasteiger partial charge is 0.460 e. The van der Waals surface area contributed by atoms with E-state index in [9.17, 15) is 0 Å². The summed E-state index contributed by atoms with van der Waals surface area (Å²) in [5.74, 6) is 0. The average Bonchev–Trinajstić information content (AvgIpc) is 2.87. The number of aromatic nitrogens is 3. The van der Waals surface area contributed by atoms with Crippen molar-refractivity contribution < 1.29 is 4.74 Å². The lowest BCUT2D eigenvalue weighted by Crippen LogP contribution is -2.38. The minimum atomic E-state index is 0.208. The third-order valence-corrected chi connectivity index (χ3v) is 4.15. The van der Waals surface area contributed by atoms with Crippen LogP contribution in [0.2, 0.25) is 0 Å². The van der Waals surface area contributed by atoms with Crippen molar-refractivity contribution in [1.82, 2.24) is 15.0 Å². The molecule has 2 aromatic heterocycles. The van der Waals surface area contributed by atoms with Crippen molar-refractivity contribution in [1.29, 1.82) is 0 Å². The van der Waals surface area contributed by atoms with Crippen LogP contribution >= 0.6 is 11.3 Å². The maximum absolute atomic E-state index is 5.78. The number of nitrogens with zero attached hydrogens (tertiary/aromatic N) is 4. The van der Waals surface area contributed by atoms with Crippen molar-refractivity contribution in [2.45, 2.75) is 25.9 Å². The molecule has 6 heteroatoms. The lowest BCUT2D eigenvalue weighted by atomic mass is 10.1. The smallest absolute Gasteiger partial charge is 0.316 e. The summed E-state index contributed by atoms with van der Waals surface area (Å²) >= 11 is 1.71. The lowest BCUT2D eigenvalue weighted by molar-refractivity contribution is 0.156. The molecular formula is C13H16N4OS. The molecule has 100 valence electrons. The number of anilines is 1. The van der Waals surface area contributed by atoms with Crippen LogP contribution in [0.1, 0.15) is 18.5 Å². The van der Waals surface area contributed by atoms with E-state index >= 15 is 0 Å². The van der Waals surface area contributed by atoms with Gasteiger partial charge in [0.25, 0.3) is 0 Å². The standard InChI is InChI=1S/C13H16N4OS/c1-10-9-19-13(16-10)17-7-3-11(4-8-17)18-12-14-5-2-6-15-12/h2,5-6,9,11H,3-4,7-8H2,1H3. The molecular weight excluding hydrogens is 260 g/mol. The zero-order valence-corrected chi connectivity index (χ0v) is 11.6. The SMILES string of the molecule is Cc1csc(N2CCC(Oc3ncccn3)CC2)n1. The number of ether oxygens (including phenoxy) is 1. The Labute approximate surface area is 116 Å². The predicted octanol–water partition coefficient (Wildman–Crippen LogP) is 2.29. The first-order chi connectivity index (χ1) is 9.31. The minimum Gasteiger partial charge on any atom is -0.460 e. The van der Waals surface area contributed by atoms with Gasteiger partial charge in [-0.2, -0.15) is 0 Å². The molecule has 0 saturated carbocycles. The molecule has 0 N–H and O–H groups in total. The Morgan fingerprint density at radius 2 is 2.00 bits per heavy atom. The van der Waals surface area contributed by atoms with Gasteiger partial charge < -0.3 is 9.64 Å². The van der Waals surface area contributed by atoms with E-state index in [-0.39, 0.29) is 6.10 Å². The average molecular weight is 276 g/mol. The van der Waals surface area contributed by atoms with Gasteiger partial charge >= 0.3 is 6.01 Å². The van der Waals surface area contributed by atoms with Crippen LogP contribution in [0.15, 0.2) is 23.8 Å². The van der Waals surface area contributed by atoms with Crippen molar-refractivity contribution in [3.8, 4) is 6.01 Å². The highest BCUT2D eigenvalue weighted by Gasteiger charge is 2.22. The Morgan fingerprint density at radius 1 is 1.26 bits per heavy atom. The third kappa shape index (κ3) is 3.01. The maximum atomic E-state index is 5.78. The molecule has 0 aromatic carbocycles. The predicted molar refractivity (Wildman–Crippen MR) is 74.7 cm³/mol. The van der Waals surface area contributed by atoms with E-state index in [1.807, 2.05) is 6.92 Å². The highest BCUT2D eigenvalue weighted by Crippen LogP contribution is 2.24. The van der Waals surface area contributed by atoms with E-state index in [2.05, 4.69) is 25.2 Å². The monoisotopic (exact) mass is 276 g/mol. The van der Waals surface area contributed by atoms with Crippen LogP contribution in [0, 0.1) is 6.92 Å². The lowest BCUT2D eigenvalue weighted by Gasteiger charge is -2.31. The van der Waals surface area contributed by atoms with E-state index in [0.717, 1.165) is 36.8 Å². The zero-order chi connectivity index (χ0) is 13.1. The van der Waals surface area contributed by atoms with Crippen molar-refractivity contribution in [2.24, 2.45) is 0 Å². The van der Waals surface area contributed by atoms with Gasteiger partial charge in [0, 0.05) is 43.7 Å². The number of piperidine rings is 1. The first-order valence-electron chi connectivity index (χ1n) is 6.42. The van der Waals surface area contributed by atoms with Gasteiger partial charge in [-0.15, -0.1) is 11.3 Å². The number of hydrogen-bond donors (Lipinski definition) is 0. The van der Waals surface area contributed by atoms with Gasteiger partial charge in [0.1, 0.15) is 6.10 Å². The third-order valence-electron chi connectivity index (χ3n) is 3.13. The molecule has 0 radical (unpaired) electrons. The fourth-order valence-corrected chi connectivity index (χ4v) is 3.00. The molecule has 0 bridgehead atoms. The molecule has 0 unspecified atom stereocenters. The second kappa shape index (κ2) is 5.52. The van der Waals surface area contributed by atoms with E-state index in [0.29, 0.717) is 6.01 Å². The fraction of sp³-hybridized carbons (Fsp3) is 0.462. The van der Waals surface area contributed by atoms with E-state index < -0.39 is 0 Å². The van der Waals surface area contributed by atoms with Crippen LogP contribution in [0.3, 0.4) is 0 Å². The van der Waals surface area contributed by atoms with Gasteiger partial charge in [-0.1, -0.05) is 0 Å². The Morgan fingerprint density at radius 3 is 2.63 bits per heavy atom. The van der Waals surface area contributed by atoms with Gasteiger partial charge in [-0.3, -0.25) is 0 Å². The van der Waals surface area contributed by atoms with Crippen molar-refractivity contribution in [3.63, 3.8) is 0 Å². The van der Waals surface area contributed by atoms with E-state index in [1.165, 1.54) is 0 Å². The molecule has 0 spiro atoms. The van der Waals surface area contributed by atoms with Crippen LogP contribution in [0.4, 0.5) is 5.13 Å². The number of aryl methyl sites for hydroxylation is 1. The molecule has 1 aliphatic rings. The summed E-state index contributed by atoms with van der Waals surface area (Å²) in [5, 5.41) is 3.21. The summed E-state index contributed by atoms with van der Waals surface area (Å²) in [5.41, 5.74) is 1.09. The molecule has 19 heavy (non-hydrogen) atoms. The molecule has 5 nitrogen and oxygen atoms in total. The first kappa shape index (κ1) is 12.3. The molecule has 0 atom stereocenters. The van der Waals surface area contributed by atoms with Crippen molar-refractivity contribution in [3.05, 3.63) is 29.5 Å². The Hall–Kier alpha value is -1.69. The summed E-state index contributed by atoms with van der Waals surface area (Å²) in [6.07, 6.45) is 5.58. The normalized spacial score (nSPS) is 16.6. The van der Waals surface area contributed by atoms with Crippen LogP contribution < -0.4 is 9.64 Å². The van der Waals surface area contributed by atoms with Crippen molar-refractivity contribution in [2.75, 3.05) is 18.0 Å². The molecule has 0 aliphatic carbocycles. The Kier molecular flexibility index (Phi) is 3.59. The molecule has 1 aliphatic heterocycles.